The molecule has 19 heavy (non-hydrogen) atoms. The number of carbonyl (C=O) groups excluding carboxylic acids is 1. The molecule has 106 valence electrons. The highest BCUT2D eigenvalue weighted by Crippen LogP contribution is 2.26. The third kappa shape index (κ3) is 4.84. The topological polar surface area (TPSA) is 29.5 Å². The lowest BCUT2D eigenvalue weighted by molar-refractivity contribution is 0.0937. The quantitative estimate of drug-likeness (QED) is 0.716. The van der Waals surface area contributed by atoms with Crippen molar-refractivity contribution in [2.75, 3.05) is 19.6 Å². The number of carbonyl (C=O) groups is 1. The summed E-state index contributed by atoms with van der Waals surface area (Å²) in [5, 5.41) is 0.485. The highest BCUT2D eigenvalue weighted by molar-refractivity contribution is 6.32. The maximum absolute atomic E-state index is 12.1. The van der Waals surface area contributed by atoms with Crippen LogP contribution in [0.25, 0.3) is 0 Å². The molecular weight excluding hydrogens is 262 g/mol. The smallest absolute Gasteiger partial charge is 0.176 e. The zero-order valence-corrected chi connectivity index (χ0v) is 12.8. The van der Waals surface area contributed by atoms with Gasteiger partial charge in [0.05, 0.1) is 17.7 Å². The number of ketones is 1. The normalized spacial score (nSPS) is 11.1. The molecule has 0 bridgehead atoms. The molecule has 0 N–H and O–H groups in total. The van der Waals surface area contributed by atoms with Gasteiger partial charge in [0.25, 0.3) is 0 Å². The average Bonchev–Trinajstić information content (AvgIpc) is 2.37. The highest BCUT2D eigenvalue weighted by Gasteiger charge is 2.12. The van der Waals surface area contributed by atoms with Crippen LogP contribution in [0.2, 0.25) is 5.02 Å². The number of hydrogen-bond acceptors (Lipinski definition) is 3. The van der Waals surface area contributed by atoms with Gasteiger partial charge in [0.15, 0.2) is 5.78 Å². The molecule has 1 aromatic rings. The second-order valence-corrected chi connectivity index (χ2v) is 5.10. The Morgan fingerprint density at radius 3 is 2.42 bits per heavy atom. The predicted molar refractivity (Wildman–Crippen MR) is 79.3 cm³/mol. The van der Waals surface area contributed by atoms with E-state index in [1.54, 1.807) is 18.2 Å². The first-order valence-electron chi connectivity index (χ1n) is 6.69. The van der Waals surface area contributed by atoms with Crippen molar-refractivity contribution in [2.45, 2.75) is 33.8 Å². The summed E-state index contributed by atoms with van der Waals surface area (Å²) in [6, 6.07) is 5.22. The van der Waals surface area contributed by atoms with E-state index in [4.69, 9.17) is 16.3 Å². The van der Waals surface area contributed by atoms with Gasteiger partial charge in [-0.2, -0.15) is 0 Å². The lowest BCUT2D eigenvalue weighted by Crippen LogP contribution is -2.29. The summed E-state index contributed by atoms with van der Waals surface area (Å²) in [5.74, 6) is 0.706. The molecule has 1 aromatic carbocycles. The van der Waals surface area contributed by atoms with E-state index in [-0.39, 0.29) is 11.9 Å². The van der Waals surface area contributed by atoms with Gasteiger partial charge in [-0.15, -0.1) is 0 Å². The molecule has 0 aromatic heterocycles. The summed E-state index contributed by atoms with van der Waals surface area (Å²) < 4.78 is 5.55. The summed E-state index contributed by atoms with van der Waals surface area (Å²) in [5.41, 5.74) is 0.632. The van der Waals surface area contributed by atoms with Crippen molar-refractivity contribution in [3.8, 4) is 5.75 Å². The number of Topliss-reactive ketones (excluding diaryl/α,β-unsaturated/α-hetero) is 1. The highest BCUT2D eigenvalue weighted by atomic mass is 35.5. The molecule has 0 fully saturated rings. The molecule has 0 amide bonds. The Kier molecular flexibility index (Phi) is 6.32. The molecule has 4 heteroatoms. The summed E-state index contributed by atoms with van der Waals surface area (Å²) in [6.45, 7) is 10.1. The third-order valence-corrected chi connectivity index (χ3v) is 3.17. The van der Waals surface area contributed by atoms with E-state index in [9.17, 15) is 4.79 Å². The molecule has 0 saturated heterocycles. The van der Waals surface area contributed by atoms with Crippen LogP contribution in [-0.4, -0.2) is 36.4 Å². The second-order valence-electron chi connectivity index (χ2n) is 4.70. The van der Waals surface area contributed by atoms with E-state index in [2.05, 4.69) is 4.90 Å². The third-order valence-electron chi connectivity index (χ3n) is 2.88. The molecule has 0 aliphatic rings. The molecule has 0 unspecified atom stereocenters. The number of likely N-dealkylation sites (N-methyl/N-ethyl adjacent to an activating group) is 1. The Hall–Kier alpha value is -1.06. The van der Waals surface area contributed by atoms with E-state index in [0.29, 0.717) is 22.9 Å². The molecule has 0 atom stereocenters. The molecule has 0 saturated carbocycles. The fraction of sp³-hybridized carbons (Fsp3) is 0.533. The van der Waals surface area contributed by atoms with Crippen LogP contribution in [0.3, 0.4) is 0 Å². The van der Waals surface area contributed by atoms with E-state index in [1.807, 2.05) is 27.7 Å². The first-order valence-corrected chi connectivity index (χ1v) is 7.07. The number of ether oxygens (including phenoxy) is 1. The molecule has 1 rings (SSSR count). The minimum atomic E-state index is 0.0646. The van der Waals surface area contributed by atoms with E-state index >= 15 is 0 Å². The number of rotatable bonds is 7. The zero-order valence-electron chi connectivity index (χ0n) is 12.1. The standard InChI is InChI=1S/C15H22ClNO2/c1-5-17(6-2)10-14(18)12-7-8-15(13(16)9-12)19-11(3)4/h7-9,11H,5-6,10H2,1-4H3. The minimum absolute atomic E-state index is 0.0646. The van der Waals surface area contributed by atoms with Crippen molar-refractivity contribution < 1.29 is 9.53 Å². The number of hydrogen-bond donors (Lipinski definition) is 0. The Morgan fingerprint density at radius 2 is 1.95 bits per heavy atom. The Morgan fingerprint density at radius 1 is 1.32 bits per heavy atom. The van der Waals surface area contributed by atoms with Gasteiger partial charge < -0.3 is 4.74 Å². The van der Waals surface area contributed by atoms with Gasteiger partial charge in [-0.25, -0.2) is 0 Å². The largest absolute Gasteiger partial charge is 0.489 e. The van der Waals surface area contributed by atoms with E-state index in [0.717, 1.165) is 13.1 Å². The lowest BCUT2D eigenvalue weighted by Gasteiger charge is -2.17. The zero-order chi connectivity index (χ0) is 14.4. The molecule has 0 aliphatic heterocycles. The van der Waals surface area contributed by atoms with Gasteiger partial charge in [-0.05, 0) is 45.1 Å². The maximum Gasteiger partial charge on any atom is 0.176 e. The average molecular weight is 284 g/mol. The van der Waals surface area contributed by atoms with Crippen LogP contribution >= 0.6 is 11.6 Å². The summed E-state index contributed by atoms with van der Waals surface area (Å²) >= 11 is 6.13. The molecule has 0 radical (unpaired) electrons. The molecule has 0 aliphatic carbocycles. The van der Waals surface area contributed by atoms with E-state index < -0.39 is 0 Å². The van der Waals surface area contributed by atoms with Crippen LogP contribution < -0.4 is 4.74 Å². The van der Waals surface area contributed by atoms with E-state index in [1.165, 1.54) is 0 Å². The molecule has 0 heterocycles. The van der Waals surface area contributed by atoms with Gasteiger partial charge in [0.1, 0.15) is 5.75 Å². The van der Waals surface area contributed by atoms with Gasteiger partial charge in [-0.1, -0.05) is 25.4 Å². The molecule has 3 nitrogen and oxygen atoms in total. The first kappa shape index (κ1) is 16.0. The Balaban J connectivity index is 2.79. The summed E-state index contributed by atoms with van der Waals surface area (Å²) in [7, 11) is 0. The van der Waals surface area contributed by atoms with Crippen LogP contribution in [0.15, 0.2) is 18.2 Å². The van der Waals surface area contributed by atoms with Crippen molar-refractivity contribution in [3.05, 3.63) is 28.8 Å². The SMILES string of the molecule is CCN(CC)CC(=O)c1ccc(OC(C)C)c(Cl)c1. The first-order chi connectivity index (χ1) is 8.97. The van der Waals surface area contributed by atoms with Crippen molar-refractivity contribution >= 4 is 17.4 Å². The number of benzene rings is 1. The predicted octanol–water partition coefficient (Wildman–Crippen LogP) is 3.65. The van der Waals surface area contributed by atoms with Crippen LogP contribution in [-0.2, 0) is 0 Å². The maximum atomic E-state index is 12.1. The Bertz CT molecular complexity index is 428. The van der Waals surface area contributed by atoms with Gasteiger partial charge >= 0.3 is 0 Å². The minimum Gasteiger partial charge on any atom is -0.489 e. The Labute approximate surface area is 120 Å². The van der Waals surface area contributed by atoms with Gasteiger partial charge in [-0.3, -0.25) is 9.69 Å². The second kappa shape index (κ2) is 7.51. The van der Waals surface area contributed by atoms with Crippen LogP contribution in [0.1, 0.15) is 38.1 Å². The van der Waals surface area contributed by atoms with Crippen LogP contribution in [0, 0.1) is 0 Å². The van der Waals surface area contributed by atoms with Crippen LogP contribution in [0.5, 0.6) is 5.75 Å². The lowest BCUT2D eigenvalue weighted by atomic mass is 10.1. The molecular formula is C15H22ClNO2. The fourth-order valence-corrected chi connectivity index (χ4v) is 1.99. The monoisotopic (exact) mass is 283 g/mol. The summed E-state index contributed by atoms with van der Waals surface area (Å²) in [6.07, 6.45) is 0.0646. The summed E-state index contributed by atoms with van der Waals surface area (Å²) in [4.78, 5) is 14.2. The van der Waals surface area contributed by atoms with Crippen molar-refractivity contribution in [2.24, 2.45) is 0 Å². The van der Waals surface area contributed by atoms with Gasteiger partial charge in [0, 0.05) is 5.56 Å². The van der Waals surface area contributed by atoms with Crippen molar-refractivity contribution in [3.63, 3.8) is 0 Å². The van der Waals surface area contributed by atoms with Crippen molar-refractivity contribution in [1.82, 2.24) is 4.90 Å². The van der Waals surface area contributed by atoms with Crippen LogP contribution in [0.4, 0.5) is 0 Å². The van der Waals surface area contributed by atoms with Gasteiger partial charge in [0.2, 0.25) is 0 Å². The number of halogens is 1. The molecule has 0 spiro atoms. The fourth-order valence-electron chi connectivity index (χ4n) is 1.77. The number of nitrogens with zero attached hydrogens (tertiary/aromatic N) is 1. The van der Waals surface area contributed by atoms with Crippen molar-refractivity contribution in [1.29, 1.82) is 0 Å².